The Bertz CT molecular complexity index is 311. The van der Waals surface area contributed by atoms with Gasteiger partial charge < -0.3 is 4.74 Å². The minimum atomic E-state index is 0.286. The molecule has 1 atom stereocenters. The number of nitrogens with one attached hydrogen (secondary N) is 1. The second-order valence-corrected chi connectivity index (χ2v) is 4.64. The highest BCUT2D eigenvalue weighted by atomic mass is 16.5. The zero-order valence-corrected chi connectivity index (χ0v) is 11.6. The van der Waals surface area contributed by atoms with Gasteiger partial charge in [-0.3, -0.25) is 11.3 Å². The predicted octanol–water partition coefficient (Wildman–Crippen LogP) is 2.44. The van der Waals surface area contributed by atoms with Crippen LogP contribution < -0.4 is 11.3 Å². The maximum absolute atomic E-state index is 5.59. The number of hydrogen-bond donors (Lipinski definition) is 2. The van der Waals surface area contributed by atoms with Crippen molar-refractivity contribution in [3.8, 4) is 0 Å². The molecule has 0 saturated carbocycles. The van der Waals surface area contributed by atoms with E-state index < -0.39 is 0 Å². The molecule has 0 saturated heterocycles. The summed E-state index contributed by atoms with van der Waals surface area (Å²) >= 11 is 0. The van der Waals surface area contributed by atoms with Crippen molar-refractivity contribution in [2.24, 2.45) is 5.84 Å². The van der Waals surface area contributed by atoms with Crippen molar-refractivity contribution in [1.82, 2.24) is 5.43 Å². The van der Waals surface area contributed by atoms with Crippen molar-refractivity contribution < 1.29 is 4.74 Å². The number of hydrogen-bond acceptors (Lipinski definition) is 3. The van der Waals surface area contributed by atoms with Crippen LogP contribution in [0.3, 0.4) is 0 Å². The maximum Gasteiger partial charge on any atom is 0.0481 e. The first-order valence-corrected chi connectivity index (χ1v) is 6.91. The molecule has 3 N–H and O–H groups in total. The summed E-state index contributed by atoms with van der Waals surface area (Å²) in [6.45, 7) is 5.90. The fourth-order valence-corrected chi connectivity index (χ4v) is 1.91. The van der Waals surface area contributed by atoms with Gasteiger partial charge in [0, 0.05) is 19.3 Å². The van der Waals surface area contributed by atoms with Gasteiger partial charge in [-0.25, -0.2) is 0 Å². The van der Waals surface area contributed by atoms with Gasteiger partial charge in [-0.05, 0) is 36.8 Å². The molecule has 18 heavy (non-hydrogen) atoms. The van der Waals surface area contributed by atoms with Gasteiger partial charge in [0.05, 0.1) is 0 Å². The monoisotopic (exact) mass is 250 g/mol. The molecular weight excluding hydrogens is 224 g/mol. The molecule has 0 spiro atoms. The Morgan fingerprint density at radius 2 is 1.78 bits per heavy atom. The molecule has 0 heterocycles. The highest BCUT2D eigenvalue weighted by molar-refractivity contribution is 5.23. The highest BCUT2D eigenvalue weighted by Gasteiger charge is 2.07. The number of benzene rings is 1. The third-order valence-corrected chi connectivity index (χ3v) is 3.11. The first-order valence-electron chi connectivity index (χ1n) is 6.91. The van der Waals surface area contributed by atoms with Gasteiger partial charge in [0.2, 0.25) is 0 Å². The fraction of sp³-hybridized carbons (Fsp3) is 0.600. The molecular formula is C15H26N2O. The third-order valence-electron chi connectivity index (χ3n) is 3.11. The van der Waals surface area contributed by atoms with Gasteiger partial charge in [-0.2, -0.15) is 0 Å². The van der Waals surface area contributed by atoms with Crippen LogP contribution in [-0.2, 0) is 17.6 Å². The summed E-state index contributed by atoms with van der Waals surface area (Å²) in [5.41, 5.74) is 5.58. The minimum absolute atomic E-state index is 0.286. The first-order chi connectivity index (χ1) is 8.80. The second kappa shape index (κ2) is 9.09. The maximum atomic E-state index is 5.59. The van der Waals surface area contributed by atoms with Gasteiger partial charge in [0.15, 0.2) is 0 Å². The summed E-state index contributed by atoms with van der Waals surface area (Å²) in [5.74, 6) is 5.59. The summed E-state index contributed by atoms with van der Waals surface area (Å²) in [7, 11) is 0. The SMILES string of the molecule is CCCOCCC(Cc1ccc(CC)cc1)NN. The summed E-state index contributed by atoms with van der Waals surface area (Å²) in [4.78, 5) is 0. The van der Waals surface area contributed by atoms with E-state index in [-0.39, 0.29) is 6.04 Å². The van der Waals surface area contributed by atoms with Gasteiger partial charge in [-0.1, -0.05) is 38.1 Å². The molecule has 0 amide bonds. The summed E-state index contributed by atoms with van der Waals surface area (Å²) in [6, 6.07) is 9.05. The number of aryl methyl sites for hydroxylation is 1. The molecule has 1 unspecified atom stereocenters. The van der Waals surface area contributed by atoms with E-state index in [1.54, 1.807) is 0 Å². The van der Waals surface area contributed by atoms with Crippen LogP contribution in [0.4, 0.5) is 0 Å². The number of rotatable bonds is 9. The van der Waals surface area contributed by atoms with E-state index in [9.17, 15) is 0 Å². The highest BCUT2D eigenvalue weighted by Crippen LogP contribution is 2.09. The summed E-state index contributed by atoms with van der Waals surface area (Å²) in [5, 5.41) is 0. The molecule has 1 aromatic rings. The van der Waals surface area contributed by atoms with Crippen LogP contribution in [0.15, 0.2) is 24.3 Å². The molecule has 0 aliphatic rings. The lowest BCUT2D eigenvalue weighted by molar-refractivity contribution is 0.124. The van der Waals surface area contributed by atoms with Gasteiger partial charge in [0.25, 0.3) is 0 Å². The van der Waals surface area contributed by atoms with Crippen molar-refractivity contribution in [3.05, 3.63) is 35.4 Å². The van der Waals surface area contributed by atoms with Crippen LogP contribution in [-0.4, -0.2) is 19.3 Å². The molecule has 3 nitrogen and oxygen atoms in total. The Labute approximate surface area is 111 Å². The number of nitrogens with two attached hydrogens (primary N) is 1. The number of hydrazine groups is 1. The van der Waals surface area contributed by atoms with E-state index in [0.29, 0.717) is 0 Å². The first kappa shape index (κ1) is 15.2. The Morgan fingerprint density at radius 3 is 2.33 bits per heavy atom. The molecule has 0 bridgehead atoms. The van der Waals surface area contributed by atoms with E-state index in [1.807, 2.05) is 0 Å². The predicted molar refractivity (Wildman–Crippen MR) is 76.4 cm³/mol. The lowest BCUT2D eigenvalue weighted by atomic mass is 10.0. The lowest BCUT2D eigenvalue weighted by Crippen LogP contribution is -2.37. The smallest absolute Gasteiger partial charge is 0.0481 e. The van der Waals surface area contributed by atoms with Crippen LogP contribution in [0, 0.1) is 0 Å². The molecule has 0 fully saturated rings. The molecule has 1 rings (SSSR count). The summed E-state index contributed by atoms with van der Waals surface area (Å²) < 4.78 is 5.49. The van der Waals surface area contributed by atoms with Crippen molar-refractivity contribution in [2.45, 2.75) is 45.6 Å². The molecule has 3 heteroatoms. The quantitative estimate of drug-likeness (QED) is 0.402. The largest absolute Gasteiger partial charge is 0.381 e. The minimum Gasteiger partial charge on any atom is -0.381 e. The molecule has 0 aliphatic carbocycles. The van der Waals surface area contributed by atoms with E-state index in [2.05, 4.69) is 43.5 Å². The normalized spacial score (nSPS) is 12.6. The van der Waals surface area contributed by atoms with Crippen molar-refractivity contribution >= 4 is 0 Å². The molecule has 102 valence electrons. The van der Waals surface area contributed by atoms with E-state index in [1.165, 1.54) is 11.1 Å². The molecule has 1 aromatic carbocycles. The lowest BCUT2D eigenvalue weighted by Gasteiger charge is -2.16. The van der Waals surface area contributed by atoms with Crippen molar-refractivity contribution in [3.63, 3.8) is 0 Å². The van der Waals surface area contributed by atoms with Crippen LogP contribution in [0.2, 0.25) is 0 Å². The van der Waals surface area contributed by atoms with Crippen LogP contribution in [0.25, 0.3) is 0 Å². The zero-order chi connectivity index (χ0) is 13.2. The average molecular weight is 250 g/mol. The average Bonchev–Trinajstić information content (AvgIpc) is 2.43. The van der Waals surface area contributed by atoms with E-state index >= 15 is 0 Å². The van der Waals surface area contributed by atoms with Crippen molar-refractivity contribution in [1.29, 1.82) is 0 Å². The Hall–Kier alpha value is -0.900. The van der Waals surface area contributed by atoms with Gasteiger partial charge in [-0.15, -0.1) is 0 Å². The Morgan fingerprint density at radius 1 is 1.11 bits per heavy atom. The van der Waals surface area contributed by atoms with Gasteiger partial charge in [0.1, 0.15) is 0 Å². The molecule has 0 aliphatic heterocycles. The number of ether oxygens (including phenoxy) is 1. The van der Waals surface area contributed by atoms with Gasteiger partial charge >= 0.3 is 0 Å². The Kier molecular flexibility index (Phi) is 7.65. The zero-order valence-electron chi connectivity index (χ0n) is 11.6. The second-order valence-electron chi connectivity index (χ2n) is 4.64. The summed E-state index contributed by atoms with van der Waals surface area (Å²) in [6.07, 6.45) is 4.06. The molecule has 0 aromatic heterocycles. The van der Waals surface area contributed by atoms with E-state index in [4.69, 9.17) is 10.6 Å². The van der Waals surface area contributed by atoms with E-state index in [0.717, 1.165) is 38.9 Å². The standard InChI is InChI=1S/C15H26N2O/c1-3-10-18-11-9-15(17-16)12-14-7-5-13(4-2)6-8-14/h5-8,15,17H,3-4,9-12,16H2,1-2H3. The van der Waals surface area contributed by atoms with Crippen LogP contribution in [0.5, 0.6) is 0 Å². The molecule has 0 radical (unpaired) electrons. The van der Waals surface area contributed by atoms with Crippen molar-refractivity contribution in [2.75, 3.05) is 13.2 Å². The third kappa shape index (κ3) is 5.63. The fourth-order valence-electron chi connectivity index (χ4n) is 1.91. The van der Waals surface area contributed by atoms with Crippen LogP contribution in [0.1, 0.15) is 37.8 Å². The topological polar surface area (TPSA) is 47.3 Å². The van der Waals surface area contributed by atoms with Crippen LogP contribution >= 0.6 is 0 Å². The Balaban J connectivity index is 2.36.